The molecule has 0 spiro atoms. The average molecular weight is 355 g/mol. The number of halogens is 1. The standard InChI is InChI=1S/C16H22N.HI/c1-13-10-15(12-16(2,3)11-13)17(4)14-8-6-5-7-9-14;/h5-10H,11-12H2,1-4H3;1H/q+1;/p-1. The van der Waals surface area contributed by atoms with Gasteiger partial charge in [-0.05, 0) is 18.8 Å². The van der Waals surface area contributed by atoms with Gasteiger partial charge in [0.15, 0.2) is 5.71 Å². The predicted octanol–water partition coefficient (Wildman–Crippen LogP) is 1.17. The lowest BCUT2D eigenvalue weighted by Gasteiger charge is -2.28. The molecular formula is C16H22IN. The molecule has 0 aromatic heterocycles. The smallest absolute Gasteiger partial charge is 0.205 e. The Balaban J connectivity index is 0.00000162. The molecule has 1 nitrogen and oxygen atoms in total. The van der Waals surface area contributed by atoms with Gasteiger partial charge in [-0.3, -0.25) is 0 Å². The highest BCUT2D eigenvalue weighted by atomic mass is 127. The van der Waals surface area contributed by atoms with Gasteiger partial charge in [-0.1, -0.05) is 37.6 Å². The Hall–Kier alpha value is -0.640. The zero-order valence-electron chi connectivity index (χ0n) is 11.7. The Kier molecular flexibility index (Phi) is 5.14. The molecule has 1 aliphatic rings. The summed E-state index contributed by atoms with van der Waals surface area (Å²) in [6, 6.07) is 10.6. The van der Waals surface area contributed by atoms with Gasteiger partial charge in [-0.25, -0.2) is 0 Å². The first-order chi connectivity index (χ1) is 7.98. The third-order valence-corrected chi connectivity index (χ3v) is 3.40. The number of hydrogen-bond donors (Lipinski definition) is 0. The van der Waals surface area contributed by atoms with E-state index in [0.29, 0.717) is 5.41 Å². The Morgan fingerprint density at radius 2 is 1.67 bits per heavy atom. The number of hydrogen-bond acceptors (Lipinski definition) is 0. The van der Waals surface area contributed by atoms with Crippen LogP contribution in [0.3, 0.4) is 0 Å². The van der Waals surface area contributed by atoms with Crippen LogP contribution >= 0.6 is 0 Å². The molecule has 1 aromatic rings. The Bertz CT molecular complexity index is 469. The first-order valence-electron chi connectivity index (χ1n) is 6.30. The second-order valence-corrected chi connectivity index (χ2v) is 5.89. The Labute approximate surface area is 128 Å². The molecule has 1 aliphatic carbocycles. The van der Waals surface area contributed by atoms with Crippen molar-refractivity contribution in [1.29, 1.82) is 0 Å². The van der Waals surface area contributed by atoms with Crippen LogP contribution in [0.25, 0.3) is 0 Å². The second-order valence-electron chi connectivity index (χ2n) is 5.89. The maximum Gasteiger partial charge on any atom is 0.205 e. The molecule has 98 valence electrons. The summed E-state index contributed by atoms with van der Waals surface area (Å²) >= 11 is 0. The lowest BCUT2D eigenvalue weighted by atomic mass is 9.77. The molecule has 0 radical (unpaired) electrons. The van der Waals surface area contributed by atoms with Crippen molar-refractivity contribution in [1.82, 2.24) is 0 Å². The van der Waals surface area contributed by atoms with Crippen LogP contribution in [0.2, 0.25) is 0 Å². The van der Waals surface area contributed by atoms with Crippen LogP contribution in [0.1, 0.15) is 33.6 Å². The number of rotatable bonds is 1. The molecule has 0 amide bonds. The van der Waals surface area contributed by atoms with E-state index >= 15 is 0 Å². The summed E-state index contributed by atoms with van der Waals surface area (Å²) in [6.45, 7) is 6.93. The monoisotopic (exact) mass is 355 g/mol. The molecule has 0 saturated heterocycles. The fourth-order valence-corrected chi connectivity index (χ4v) is 2.73. The molecular weight excluding hydrogens is 333 g/mol. The lowest BCUT2D eigenvalue weighted by Crippen LogP contribution is -3.00. The summed E-state index contributed by atoms with van der Waals surface area (Å²) in [5.74, 6) is 0. The SMILES string of the molecule is CC1=CC(=[N+](C)c2ccccc2)CC(C)(C)C1.[I-]. The van der Waals surface area contributed by atoms with E-state index in [1.807, 2.05) is 0 Å². The van der Waals surface area contributed by atoms with Gasteiger partial charge in [0, 0.05) is 24.6 Å². The molecule has 0 fully saturated rings. The molecule has 0 aliphatic heterocycles. The van der Waals surface area contributed by atoms with Gasteiger partial charge in [0.2, 0.25) is 5.69 Å². The van der Waals surface area contributed by atoms with Gasteiger partial charge in [-0.15, -0.1) is 0 Å². The van der Waals surface area contributed by atoms with E-state index < -0.39 is 0 Å². The van der Waals surface area contributed by atoms with Crippen molar-refractivity contribution < 1.29 is 28.6 Å². The summed E-state index contributed by atoms with van der Waals surface area (Å²) in [7, 11) is 2.16. The molecule has 0 heterocycles. The van der Waals surface area contributed by atoms with E-state index in [2.05, 4.69) is 68.8 Å². The van der Waals surface area contributed by atoms with E-state index in [9.17, 15) is 0 Å². The summed E-state index contributed by atoms with van der Waals surface area (Å²) in [4.78, 5) is 0. The topological polar surface area (TPSA) is 3.01 Å². The highest BCUT2D eigenvalue weighted by molar-refractivity contribution is 5.93. The van der Waals surface area contributed by atoms with Gasteiger partial charge < -0.3 is 24.0 Å². The minimum Gasteiger partial charge on any atom is -1.00 e. The van der Waals surface area contributed by atoms with E-state index in [0.717, 1.165) is 6.42 Å². The molecule has 0 unspecified atom stereocenters. The van der Waals surface area contributed by atoms with Crippen LogP contribution in [-0.2, 0) is 0 Å². The van der Waals surface area contributed by atoms with Crippen molar-refractivity contribution >= 4 is 11.4 Å². The van der Waals surface area contributed by atoms with Crippen molar-refractivity contribution in [3.8, 4) is 0 Å². The van der Waals surface area contributed by atoms with Gasteiger partial charge in [-0.2, -0.15) is 4.58 Å². The summed E-state index contributed by atoms with van der Waals surface area (Å²) in [5.41, 5.74) is 4.56. The van der Waals surface area contributed by atoms with E-state index in [1.165, 1.54) is 23.4 Å². The molecule has 0 atom stereocenters. The molecule has 18 heavy (non-hydrogen) atoms. The number of nitrogens with zero attached hydrogens (tertiary/aromatic N) is 1. The number of allylic oxidation sites excluding steroid dienone is 2. The van der Waals surface area contributed by atoms with Gasteiger partial charge in [0.1, 0.15) is 7.05 Å². The predicted molar refractivity (Wildman–Crippen MR) is 74.1 cm³/mol. The van der Waals surface area contributed by atoms with Crippen LogP contribution in [0.4, 0.5) is 5.69 Å². The summed E-state index contributed by atoms with van der Waals surface area (Å²) in [6.07, 6.45) is 4.70. The highest BCUT2D eigenvalue weighted by Gasteiger charge is 2.29. The minimum atomic E-state index is 0. The van der Waals surface area contributed by atoms with Crippen LogP contribution < -0.4 is 24.0 Å². The van der Waals surface area contributed by atoms with Crippen molar-refractivity contribution in [3.05, 3.63) is 42.0 Å². The Morgan fingerprint density at radius 1 is 1.06 bits per heavy atom. The first kappa shape index (κ1) is 15.4. The molecule has 2 rings (SSSR count). The maximum absolute atomic E-state index is 2.35. The van der Waals surface area contributed by atoms with Crippen LogP contribution in [0, 0.1) is 5.41 Å². The number of para-hydroxylation sites is 1. The van der Waals surface area contributed by atoms with Crippen LogP contribution in [0.15, 0.2) is 42.0 Å². The van der Waals surface area contributed by atoms with Crippen LogP contribution in [-0.4, -0.2) is 17.3 Å². The second kappa shape index (κ2) is 6.00. The van der Waals surface area contributed by atoms with Gasteiger partial charge in [0.25, 0.3) is 0 Å². The summed E-state index contributed by atoms with van der Waals surface area (Å²) < 4.78 is 2.31. The normalized spacial score (nSPS) is 20.8. The van der Waals surface area contributed by atoms with Crippen LogP contribution in [0.5, 0.6) is 0 Å². The third-order valence-electron chi connectivity index (χ3n) is 3.40. The lowest BCUT2D eigenvalue weighted by molar-refractivity contribution is -0.406. The van der Waals surface area contributed by atoms with Gasteiger partial charge in [0.05, 0.1) is 0 Å². The first-order valence-corrected chi connectivity index (χ1v) is 6.30. The van der Waals surface area contributed by atoms with Crippen molar-refractivity contribution in [2.45, 2.75) is 33.6 Å². The molecule has 1 aromatic carbocycles. The summed E-state index contributed by atoms with van der Waals surface area (Å²) in [5, 5.41) is 0. The highest BCUT2D eigenvalue weighted by Crippen LogP contribution is 2.34. The largest absolute Gasteiger partial charge is 1.00 e. The third kappa shape index (κ3) is 3.67. The molecule has 0 saturated carbocycles. The molecule has 0 bridgehead atoms. The van der Waals surface area contributed by atoms with Gasteiger partial charge >= 0.3 is 0 Å². The average Bonchev–Trinajstić information content (AvgIpc) is 2.26. The fourth-order valence-electron chi connectivity index (χ4n) is 2.73. The zero-order chi connectivity index (χ0) is 12.5. The molecule has 0 N–H and O–H groups in total. The zero-order valence-corrected chi connectivity index (χ0v) is 13.9. The van der Waals surface area contributed by atoms with Crippen molar-refractivity contribution in [3.63, 3.8) is 0 Å². The Morgan fingerprint density at radius 3 is 2.22 bits per heavy atom. The number of benzene rings is 1. The molecule has 2 heteroatoms. The fraction of sp³-hybridized carbons (Fsp3) is 0.438. The van der Waals surface area contributed by atoms with Crippen molar-refractivity contribution in [2.24, 2.45) is 5.41 Å². The quantitative estimate of drug-likeness (QED) is 0.526. The van der Waals surface area contributed by atoms with E-state index in [1.54, 1.807) is 0 Å². The van der Waals surface area contributed by atoms with E-state index in [-0.39, 0.29) is 24.0 Å². The van der Waals surface area contributed by atoms with Crippen molar-refractivity contribution in [2.75, 3.05) is 7.05 Å². The van der Waals surface area contributed by atoms with E-state index in [4.69, 9.17) is 0 Å². The minimum absolute atomic E-state index is 0. The maximum atomic E-state index is 2.35.